The fourth-order valence-electron chi connectivity index (χ4n) is 0.990. The number of carbonyl (C=O) groups excluding carboxylic acids is 1. The molecule has 0 N–H and O–H groups in total. The van der Waals surface area contributed by atoms with Crippen molar-refractivity contribution in [2.45, 2.75) is 6.92 Å². The molecule has 1 rings (SSSR count). The number of allylic oxidation sites excluding steroid dienone is 1. The molecule has 0 aromatic heterocycles. The van der Waals surface area contributed by atoms with Crippen LogP contribution in [-0.2, 0) is 4.79 Å². The zero-order chi connectivity index (χ0) is 10.6. The summed E-state index contributed by atoms with van der Waals surface area (Å²) in [5, 5.41) is 10.5. The maximum absolute atomic E-state index is 10.9. The van der Waals surface area contributed by atoms with Crippen molar-refractivity contribution in [1.29, 1.82) is 0 Å². The van der Waals surface area contributed by atoms with E-state index in [2.05, 4.69) is 0 Å². The molecule has 0 saturated heterocycles. The summed E-state index contributed by atoms with van der Waals surface area (Å²) in [7, 11) is 0. The SMILES string of the molecule is CC(=O)C(=Cc1ccccc1)[N+](=O)[O-]. The number of hydrogen-bond donors (Lipinski definition) is 0. The molecule has 1 aromatic rings. The monoisotopic (exact) mass is 191 g/mol. The van der Waals surface area contributed by atoms with E-state index in [0.29, 0.717) is 5.56 Å². The molecule has 0 aliphatic carbocycles. The first-order valence-corrected chi connectivity index (χ1v) is 4.03. The third-order valence-corrected chi connectivity index (χ3v) is 1.66. The van der Waals surface area contributed by atoms with Gasteiger partial charge in [0.25, 0.3) is 0 Å². The van der Waals surface area contributed by atoms with Gasteiger partial charge < -0.3 is 0 Å². The van der Waals surface area contributed by atoms with Crippen LogP contribution >= 0.6 is 0 Å². The van der Waals surface area contributed by atoms with Crippen molar-refractivity contribution in [2.75, 3.05) is 0 Å². The van der Waals surface area contributed by atoms with Gasteiger partial charge in [0, 0.05) is 13.0 Å². The third-order valence-electron chi connectivity index (χ3n) is 1.66. The molecule has 4 heteroatoms. The summed E-state index contributed by atoms with van der Waals surface area (Å²) in [5.41, 5.74) is 0.255. The Kier molecular flexibility index (Phi) is 3.12. The van der Waals surface area contributed by atoms with E-state index in [1.807, 2.05) is 0 Å². The second-order valence-corrected chi connectivity index (χ2v) is 2.75. The zero-order valence-corrected chi connectivity index (χ0v) is 7.64. The predicted octanol–water partition coefficient (Wildman–Crippen LogP) is 1.89. The molecule has 0 amide bonds. The van der Waals surface area contributed by atoms with Crippen molar-refractivity contribution in [2.24, 2.45) is 0 Å². The van der Waals surface area contributed by atoms with Crippen molar-refractivity contribution in [1.82, 2.24) is 0 Å². The molecule has 0 bridgehead atoms. The van der Waals surface area contributed by atoms with E-state index in [1.54, 1.807) is 30.3 Å². The lowest BCUT2D eigenvalue weighted by atomic mass is 10.2. The van der Waals surface area contributed by atoms with Gasteiger partial charge in [-0.15, -0.1) is 0 Å². The zero-order valence-electron chi connectivity index (χ0n) is 7.64. The summed E-state index contributed by atoms with van der Waals surface area (Å²) < 4.78 is 0. The Bertz CT molecular complexity index is 366. The molecule has 1 aromatic carbocycles. The lowest BCUT2D eigenvalue weighted by Gasteiger charge is -1.93. The number of rotatable bonds is 3. The van der Waals surface area contributed by atoms with E-state index in [1.165, 1.54) is 13.0 Å². The van der Waals surface area contributed by atoms with Gasteiger partial charge in [-0.05, 0) is 5.56 Å². The molecular weight excluding hydrogens is 182 g/mol. The summed E-state index contributed by atoms with van der Waals surface area (Å²) in [6, 6.07) is 8.71. The summed E-state index contributed by atoms with van der Waals surface area (Å²) in [6.45, 7) is 1.18. The van der Waals surface area contributed by atoms with E-state index in [0.717, 1.165) is 0 Å². The third kappa shape index (κ3) is 2.52. The van der Waals surface area contributed by atoms with Crippen molar-refractivity contribution >= 4 is 11.9 Å². The molecule has 0 fully saturated rings. The molecule has 0 spiro atoms. The Morgan fingerprint density at radius 2 is 1.93 bits per heavy atom. The van der Waals surface area contributed by atoms with Crippen LogP contribution < -0.4 is 0 Å². The minimum atomic E-state index is -0.671. The van der Waals surface area contributed by atoms with E-state index in [9.17, 15) is 14.9 Å². The van der Waals surface area contributed by atoms with Gasteiger partial charge in [0.2, 0.25) is 5.78 Å². The predicted molar refractivity (Wildman–Crippen MR) is 52.1 cm³/mol. The van der Waals surface area contributed by atoms with Crippen LogP contribution in [0.1, 0.15) is 12.5 Å². The second kappa shape index (κ2) is 4.32. The highest BCUT2D eigenvalue weighted by Crippen LogP contribution is 2.07. The average molecular weight is 191 g/mol. The maximum atomic E-state index is 10.9. The van der Waals surface area contributed by atoms with Gasteiger partial charge in [-0.3, -0.25) is 14.9 Å². The fourth-order valence-corrected chi connectivity index (χ4v) is 0.990. The van der Waals surface area contributed by atoms with Crippen LogP contribution in [0.2, 0.25) is 0 Å². The van der Waals surface area contributed by atoms with Gasteiger partial charge >= 0.3 is 5.70 Å². The number of ketones is 1. The molecule has 0 aliphatic heterocycles. The molecular formula is C10H9NO3. The number of Topliss-reactive ketones (excluding diaryl/α,β-unsaturated/α-hetero) is 1. The minimum absolute atomic E-state index is 0.392. The Morgan fingerprint density at radius 1 is 1.36 bits per heavy atom. The largest absolute Gasteiger partial charge is 0.312 e. The van der Waals surface area contributed by atoms with E-state index in [-0.39, 0.29) is 0 Å². The summed E-state index contributed by atoms with van der Waals surface area (Å²) >= 11 is 0. The van der Waals surface area contributed by atoms with Crippen molar-refractivity contribution in [3.8, 4) is 0 Å². The number of benzene rings is 1. The summed E-state index contributed by atoms with van der Waals surface area (Å²) in [4.78, 5) is 20.7. The van der Waals surface area contributed by atoms with Crippen molar-refractivity contribution in [3.63, 3.8) is 0 Å². The second-order valence-electron chi connectivity index (χ2n) is 2.75. The molecule has 14 heavy (non-hydrogen) atoms. The number of hydrogen-bond acceptors (Lipinski definition) is 3. The van der Waals surface area contributed by atoms with E-state index >= 15 is 0 Å². The Balaban J connectivity index is 3.06. The van der Waals surface area contributed by atoms with Gasteiger partial charge in [-0.25, -0.2) is 0 Å². The first-order valence-electron chi connectivity index (χ1n) is 4.03. The first-order chi connectivity index (χ1) is 6.61. The molecule has 72 valence electrons. The van der Waals surface area contributed by atoms with Crippen LogP contribution in [0.3, 0.4) is 0 Å². The molecule has 0 heterocycles. The Labute approximate surface area is 81.0 Å². The van der Waals surface area contributed by atoms with Crippen LogP contribution in [0.5, 0.6) is 0 Å². The van der Waals surface area contributed by atoms with Crippen LogP contribution in [0.4, 0.5) is 0 Å². The quantitative estimate of drug-likeness (QED) is 0.416. The molecule has 0 radical (unpaired) electrons. The maximum Gasteiger partial charge on any atom is 0.312 e. The summed E-state index contributed by atoms with van der Waals surface area (Å²) in [6.07, 6.45) is 1.27. The highest BCUT2D eigenvalue weighted by molar-refractivity contribution is 5.95. The van der Waals surface area contributed by atoms with Crippen molar-refractivity contribution < 1.29 is 9.72 Å². The van der Waals surface area contributed by atoms with Crippen LogP contribution in [0.15, 0.2) is 36.0 Å². The topological polar surface area (TPSA) is 60.2 Å². The number of nitro groups is 1. The minimum Gasteiger partial charge on any atom is -0.288 e. The van der Waals surface area contributed by atoms with Gasteiger partial charge in [0.1, 0.15) is 0 Å². The first kappa shape index (κ1) is 10.1. The fraction of sp³-hybridized carbons (Fsp3) is 0.100. The summed E-state index contributed by atoms with van der Waals surface area (Å²) in [5.74, 6) is -0.543. The standard InChI is InChI=1S/C10H9NO3/c1-8(12)10(11(13)14)7-9-5-3-2-4-6-9/h2-7H,1H3. The van der Waals surface area contributed by atoms with Gasteiger partial charge in [-0.2, -0.15) is 0 Å². The van der Waals surface area contributed by atoms with Crippen LogP contribution in [-0.4, -0.2) is 10.7 Å². The van der Waals surface area contributed by atoms with Gasteiger partial charge in [0.05, 0.1) is 4.92 Å². The highest BCUT2D eigenvalue weighted by atomic mass is 16.6. The Morgan fingerprint density at radius 3 is 2.36 bits per heavy atom. The number of nitrogens with zero attached hydrogens (tertiary/aromatic N) is 1. The van der Waals surface area contributed by atoms with E-state index in [4.69, 9.17) is 0 Å². The van der Waals surface area contributed by atoms with E-state index < -0.39 is 16.4 Å². The number of carbonyl (C=O) groups is 1. The van der Waals surface area contributed by atoms with Crippen LogP contribution in [0, 0.1) is 10.1 Å². The van der Waals surface area contributed by atoms with Crippen molar-refractivity contribution in [3.05, 3.63) is 51.7 Å². The molecule has 0 saturated carbocycles. The van der Waals surface area contributed by atoms with Gasteiger partial charge in [0.15, 0.2) is 0 Å². The molecule has 0 atom stereocenters. The lowest BCUT2D eigenvalue weighted by molar-refractivity contribution is -0.417. The molecule has 0 unspecified atom stereocenters. The van der Waals surface area contributed by atoms with Crippen LogP contribution in [0.25, 0.3) is 6.08 Å². The smallest absolute Gasteiger partial charge is 0.288 e. The highest BCUT2D eigenvalue weighted by Gasteiger charge is 2.15. The van der Waals surface area contributed by atoms with Gasteiger partial charge in [-0.1, -0.05) is 30.3 Å². The Hall–Kier alpha value is -1.97. The molecule has 0 aliphatic rings. The molecule has 4 nitrogen and oxygen atoms in total. The normalized spacial score (nSPS) is 11.1. The average Bonchev–Trinajstić information content (AvgIpc) is 2.15. The lowest BCUT2D eigenvalue weighted by Crippen LogP contribution is -2.07.